The molecule has 0 radical (unpaired) electrons. The molecule has 0 atom stereocenters. The van der Waals surface area contributed by atoms with E-state index in [9.17, 15) is 0 Å². The third-order valence-corrected chi connectivity index (χ3v) is 2.62. The number of nitriles is 1. The van der Waals surface area contributed by atoms with Crippen LogP contribution in [0, 0.1) is 11.3 Å². The van der Waals surface area contributed by atoms with Gasteiger partial charge in [-0.15, -0.1) is 0 Å². The molecule has 0 fully saturated rings. The Morgan fingerprint density at radius 1 is 1.29 bits per heavy atom. The Balaban J connectivity index is 2.25. The molecule has 0 saturated carbocycles. The summed E-state index contributed by atoms with van der Waals surface area (Å²) in [5.74, 6) is 0.784. The van der Waals surface area contributed by atoms with Gasteiger partial charge in [0.2, 0.25) is 5.95 Å². The van der Waals surface area contributed by atoms with Gasteiger partial charge in [0.1, 0.15) is 5.82 Å². The molecular weight excluding hydrogens is 282 g/mol. The molecule has 1 heterocycles. The van der Waals surface area contributed by atoms with Gasteiger partial charge in [-0.1, -0.05) is 0 Å². The third-order valence-electron chi connectivity index (χ3n) is 2.04. The van der Waals surface area contributed by atoms with Crippen LogP contribution in [-0.4, -0.2) is 9.97 Å². The standard InChI is InChI=1S/C11H8BrN5/c12-9-6-15-11(14)17-10(9)16-8-3-1-7(5-13)2-4-8/h1-4,6H,(H3,14,15,16,17). The molecule has 84 valence electrons. The largest absolute Gasteiger partial charge is 0.368 e. The van der Waals surface area contributed by atoms with Crippen molar-refractivity contribution >= 4 is 33.4 Å². The van der Waals surface area contributed by atoms with Crippen molar-refractivity contribution < 1.29 is 0 Å². The molecule has 2 rings (SSSR count). The van der Waals surface area contributed by atoms with E-state index < -0.39 is 0 Å². The smallest absolute Gasteiger partial charge is 0.222 e. The monoisotopic (exact) mass is 289 g/mol. The molecule has 5 nitrogen and oxygen atoms in total. The number of hydrogen-bond acceptors (Lipinski definition) is 5. The van der Waals surface area contributed by atoms with E-state index in [-0.39, 0.29) is 5.95 Å². The van der Waals surface area contributed by atoms with Gasteiger partial charge in [0, 0.05) is 11.9 Å². The third kappa shape index (κ3) is 2.71. The van der Waals surface area contributed by atoms with E-state index >= 15 is 0 Å². The van der Waals surface area contributed by atoms with Crippen molar-refractivity contribution in [2.24, 2.45) is 0 Å². The topological polar surface area (TPSA) is 87.6 Å². The molecule has 0 bridgehead atoms. The highest BCUT2D eigenvalue weighted by Crippen LogP contribution is 2.23. The molecule has 6 heteroatoms. The van der Waals surface area contributed by atoms with E-state index in [4.69, 9.17) is 11.0 Å². The van der Waals surface area contributed by atoms with E-state index in [0.717, 1.165) is 10.2 Å². The number of aromatic nitrogens is 2. The molecule has 0 saturated heterocycles. The zero-order valence-electron chi connectivity index (χ0n) is 8.68. The number of nitrogens with zero attached hydrogens (tertiary/aromatic N) is 3. The van der Waals surface area contributed by atoms with Crippen LogP contribution < -0.4 is 11.1 Å². The summed E-state index contributed by atoms with van der Waals surface area (Å²) in [6.45, 7) is 0. The molecule has 0 unspecified atom stereocenters. The summed E-state index contributed by atoms with van der Waals surface area (Å²) in [4.78, 5) is 7.90. The van der Waals surface area contributed by atoms with E-state index in [0.29, 0.717) is 11.4 Å². The first-order chi connectivity index (χ1) is 8.19. The Labute approximate surface area is 106 Å². The van der Waals surface area contributed by atoms with Crippen molar-refractivity contribution in [1.82, 2.24) is 9.97 Å². The summed E-state index contributed by atoms with van der Waals surface area (Å²) in [5.41, 5.74) is 6.93. The first kappa shape index (κ1) is 11.4. The van der Waals surface area contributed by atoms with Crippen LogP contribution in [0.2, 0.25) is 0 Å². The maximum Gasteiger partial charge on any atom is 0.222 e. The van der Waals surface area contributed by atoms with Crippen LogP contribution in [0.5, 0.6) is 0 Å². The SMILES string of the molecule is N#Cc1ccc(Nc2nc(N)ncc2Br)cc1. The summed E-state index contributed by atoms with van der Waals surface area (Å²) in [6, 6.07) is 9.09. The highest BCUT2D eigenvalue weighted by Gasteiger charge is 2.03. The fraction of sp³-hybridized carbons (Fsp3) is 0. The van der Waals surface area contributed by atoms with Crippen molar-refractivity contribution in [3.8, 4) is 6.07 Å². The van der Waals surface area contributed by atoms with Gasteiger partial charge in [0.15, 0.2) is 0 Å². The number of nitrogens with one attached hydrogen (secondary N) is 1. The minimum atomic E-state index is 0.198. The molecule has 3 N–H and O–H groups in total. The minimum absolute atomic E-state index is 0.198. The van der Waals surface area contributed by atoms with Gasteiger partial charge in [-0.25, -0.2) is 4.98 Å². The number of nitrogens with two attached hydrogens (primary N) is 1. The molecule has 0 spiro atoms. The van der Waals surface area contributed by atoms with E-state index in [1.165, 1.54) is 0 Å². The van der Waals surface area contributed by atoms with Gasteiger partial charge in [-0.05, 0) is 40.2 Å². The lowest BCUT2D eigenvalue weighted by atomic mass is 10.2. The highest BCUT2D eigenvalue weighted by atomic mass is 79.9. The molecule has 17 heavy (non-hydrogen) atoms. The molecule has 0 aliphatic rings. The lowest BCUT2D eigenvalue weighted by Gasteiger charge is -2.07. The van der Waals surface area contributed by atoms with Crippen molar-refractivity contribution in [3.63, 3.8) is 0 Å². The Hall–Kier alpha value is -2.13. The number of rotatable bonds is 2. The van der Waals surface area contributed by atoms with Gasteiger partial charge < -0.3 is 11.1 Å². The lowest BCUT2D eigenvalue weighted by Crippen LogP contribution is -2.00. The van der Waals surface area contributed by atoms with Crippen LogP contribution >= 0.6 is 15.9 Å². The summed E-state index contributed by atoms with van der Waals surface area (Å²) in [5, 5.41) is 11.8. The van der Waals surface area contributed by atoms with Gasteiger partial charge in [0.25, 0.3) is 0 Å². The summed E-state index contributed by atoms with van der Waals surface area (Å²) in [7, 11) is 0. The van der Waals surface area contributed by atoms with Crippen molar-refractivity contribution in [2.45, 2.75) is 0 Å². The maximum atomic E-state index is 8.68. The van der Waals surface area contributed by atoms with E-state index in [2.05, 4.69) is 37.3 Å². The molecular formula is C11H8BrN5. The van der Waals surface area contributed by atoms with Crippen molar-refractivity contribution in [3.05, 3.63) is 40.5 Å². The maximum absolute atomic E-state index is 8.68. The molecule has 1 aromatic carbocycles. The predicted octanol–water partition coefficient (Wildman–Crippen LogP) is 2.44. The van der Waals surface area contributed by atoms with Crippen LogP contribution in [0.15, 0.2) is 34.9 Å². The quantitative estimate of drug-likeness (QED) is 0.887. The number of nitrogen functional groups attached to an aromatic ring is 1. The average Bonchev–Trinajstić information content (AvgIpc) is 2.35. The van der Waals surface area contributed by atoms with E-state index in [1.54, 1.807) is 30.5 Å². The number of anilines is 3. The predicted molar refractivity (Wildman–Crippen MR) is 68.6 cm³/mol. The normalized spacial score (nSPS) is 9.65. The molecule has 0 aliphatic carbocycles. The van der Waals surface area contributed by atoms with Gasteiger partial charge in [0.05, 0.1) is 16.1 Å². The summed E-state index contributed by atoms with van der Waals surface area (Å²) in [6.07, 6.45) is 1.58. The Morgan fingerprint density at radius 2 is 2.00 bits per heavy atom. The second-order valence-corrected chi connectivity index (χ2v) is 4.09. The van der Waals surface area contributed by atoms with Gasteiger partial charge in [-0.3, -0.25) is 0 Å². The minimum Gasteiger partial charge on any atom is -0.368 e. The number of hydrogen-bond donors (Lipinski definition) is 2. The van der Waals surface area contributed by atoms with Crippen LogP contribution in [0.1, 0.15) is 5.56 Å². The van der Waals surface area contributed by atoms with Crippen LogP contribution in [0.25, 0.3) is 0 Å². The van der Waals surface area contributed by atoms with Gasteiger partial charge >= 0.3 is 0 Å². The molecule has 0 aliphatic heterocycles. The summed E-state index contributed by atoms with van der Waals surface area (Å²) < 4.78 is 0.719. The lowest BCUT2D eigenvalue weighted by molar-refractivity contribution is 1.17. The summed E-state index contributed by atoms with van der Waals surface area (Å²) >= 11 is 3.32. The Bertz CT molecular complexity index is 573. The second-order valence-electron chi connectivity index (χ2n) is 3.24. The first-order valence-electron chi connectivity index (χ1n) is 4.74. The first-order valence-corrected chi connectivity index (χ1v) is 5.53. The van der Waals surface area contributed by atoms with Gasteiger partial charge in [-0.2, -0.15) is 10.2 Å². The van der Waals surface area contributed by atoms with E-state index in [1.807, 2.05) is 0 Å². The fourth-order valence-corrected chi connectivity index (χ4v) is 1.52. The Kier molecular flexibility index (Phi) is 3.21. The number of benzene rings is 1. The van der Waals surface area contributed by atoms with Crippen LogP contribution in [0.3, 0.4) is 0 Å². The molecule has 0 amide bonds. The average molecular weight is 290 g/mol. The van der Waals surface area contributed by atoms with Crippen molar-refractivity contribution in [1.29, 1.82) is 5.26 Å². The van der Waals surface area contributed by atoms with Crippen LogP contribution in [-0.2, 0) is 0 Å². The van der Waals surface area contributed by atoms with Crippen LogP contribution in [0.4, 0.5) is 17.5 Å². The number of halogens is 1. The highest BCUT2D eigenvalue weighted by molar-refractivity contribution is 9.10. The molecule has 2 aromatic rings. The fourth-order valence-electron chi connectivity index (χ4n) is 1.23. The van der Waals surface area contributed by atoms with Crippen molar-refractivity contribution in [2.75, 3.05) is 11.1 Å². The molecule has 1 aromatic heterocycles. The zero-order chi connectivity index (χ0) is 12.3. The Morgan fingerprint density at radius 3 is 2.65 bits per heavy atom. The zero-order valence-corrected chi connectivity index (χ0v) is 10.3. The second kappa shape index (κ2) is 4.80.